The molecule has 1 fully saturated rings. The van der Waals surface area contributed by atoms with Crippen LogP contribution in [0.1, 0.15) is 23.2 Å². The van der Waals surface area contributed by atoms with E-state index >= 15 is 0 Å². The second-order valence-corrected chi connectivity index (χ2v) is 6.33. The van der Waals surface area contributed by atoms with Gasteiger partial charge in [0.1, 0.15) is 5.00 Å². The lowest BCUT2D eigenvalue weighted by Gasteiger charge is -2.27. The van der Waals surface area contributed by atoms with Crippen LogP contribution in [-0.4, -0.2) is 42.9 Å². The average molecular weight is 325 g/mol. The van der Waals surface area contributed by atoms with Crippen LogP contribution in [0.3, 0.4) is 0 Å². The molecule has 0 radical (unpaired) electrons. The first kappa shape index (κ1) is 16.2. The maximum absolute atomic E-state index is 12.2. The average Bonchev–Trinajstić information content (AvgIpc) is 2.81. The molecule has 1 saturated heterocycles. The molecule has 0 aromatic carbocycles. The van der Waals surface area contributed by atoms with E-state index in [4.69, 9.17) is 11.5 Å². The smallest absolute Gasteiger partial charge is 0.317 e. The summed E-state index contributed by atoms with van der Waals surface area (Å²) in [5, 5.41) is 5.80. The van der Waals surface area contributed by atoms with Gasteiger partial charge in [-0.05, 0) is 39.0 Å². The predicted octanol–water partition coefficient (Wildman–Crippen LogP) is 0.618. The van der Waals surface area contributed by atoms with Crippen LogP contribution in [0.4, 0.5) is 14.8 Å². The Hall–Kier alpha value is -2.13. The van der Waals surface area contributed by atoms with Gasteiger partial charge in [0.2, 0.25) is 5.91 Å². The van der Waals surface area contributed by atoms with Gasteiger partial charge in [0.05, 0.1) is 10.6 Å². The molecule has 8 nitrogen and oxygen atoms in total. The molecule has 120 valence electrons. The summed E-state index contributed by atoms with van der Waals surface area (Å²) in [6, 6.07) is 0.656. The Bertz CT molecular complexity index is 592. The first-order chi connectivity index (χ1) is 10.4. The van der Waals surface area contributed by atoms with Gasteiger partial charge in [-0.2, -0.15) is 0 Å². The minimum Gasteiger partial charge on any atom is -0.366 e. The molecule has 2 heterocycles. The number of nitrogens with zero attached hydrogens (tertiary/aromatic N) is 1. The minimum absolute atomic E-state index is 0.0529. The molecule has 2 rings (SSSR count). The number of nitrogens with two attached hydrogens (primary N) is 2. The molecule has 1 aromatic rings. The third-order valence-corrected chi connectivity index (χ3v) is 4.54. The molecular weight excluding hydrogens is 306 g/mol. The number of carbonyl (C=O) groups excluding carboxylic acids is 3. The van der Waals surface area contributed by atoms with Crippen LogP contribution in [0.15, 0.2) is 6.07 Å². The Balaban J connectivity index is 2.07. The van der Waals surface area contributed by atoms with E-state index in [1.807, 2.05) is 7.05 Å². The van der Waals surface area contributed by atoms with Gasteiger partial charge >= 0.3 is 6.03 Å². The highest BCUT2D eigenvalue weighted by molar-refractivity contribution is 7.20. The van der Waals surface area contributed by atoms with E-state index in [0.717, 1.165) is 37.3 Å². The van der Waals surface area contributed by atoms with Crippen molar-refractivity contribution in [2.45, 2.75) is 12.8 Å². The number of amides is 4. The molecule has 9 heteroatoms. The number of thiophene rings is 1. The molecular formula is C13H19N5O3S. The molecule has 1 aromatic heterocycles. The topological polar surface area (TPSA) is 131 Å². The highest BCUT2D eigenvalue weighted by atomic mass is 32.1. The summed E-state index contributed by atoms with van der Waals surface area (Å²) in [5.41, 5.74) is 10.4. The largest absolute Gasteiger partial charge is 0.366 e. The Kier molecular flexibility index (Phi) is 4.99. The lowest BCUT2D eigenvalue weighted by molar-refractivity contribution is -0.121. The minimum atomic E-state index is -0.794. The van der Waals surface area contributed by atoms with Crippen molar-refractivity contribution >= 4 is 39.2 Å². The number of hydrogen-bond acceptors (Lipinski definition) is 5. The Labute approximate surface area is 131 Å². The van der Waals surface area contributed by atoms with E-state index < -0.39 is 11.9 Å². The van der Waals surface area contributed by atoms with Crippen LogP contribution in [0.25, 0.3) is 0 Å². The molecule has 1 aliphatic heterocycles. The number of likely N-dealkylation sites (tertiary alicyclic amines) is 1. The van der Waals surface area contributed by atoms with Crippen LogP contribution in [0, 0.1) is 5.92 Å². The van der Waals surface area contributed by atoms with E-state index in [2.05, 4.69) is 15.5 Å². The summed E-state index contributed by atoms with van der Waals surface area (Å²) in [4.78, 5) is 36.7. The molecule has 22 heavy (non-hydrogen) atoms. The predicted molar refractivity (Wildman–Crippen MR) is 84.9 cm³/mol. The van der Waals surface area contributed by atoms with Crippen molar-refractivity contribution in [2.75, 3.05) is 30.8 Å². The van der Waals surface area contributed by atoms with Gasteiger partial charge in [0.25, 0.3) is 5.91 Å². The molecule has 1 aliphatic rings. The number of primary amides is 2. The third-order valence-electron chi connectivity index (χ3n) is 3.57. The number of urea groups is 1. The van der Waals surface area contributed by atoms with Crippen molar-refractivity contribution in [1.29, 1.82) is 0 Å². The van der Waals surface area contributed by atoms with Gasteiger partial charge in [-0.25, -0.2) is 4.79 Å². The number of piperidine rings is 1. The molecule has 0 spiro atoms. The summed E-state index contributed by atoms with van der Waals surface area (Å²) < 4.78 is 0. The highest BCUT2D eigenvalue weighted by Gasteiger charge is 2.24. The van der Waals surface area contributed by atoms with Crippen LogP contribution >= 0.6 is 11.3 Å². The van der Waals surface area contributed by atoms with Crippen LogP contribution < -0.4 is 22.1 Å². The quantitative estimate of drug-likeness (QED) is 0.646. The lowest BCUT2D eigenvalue weighted by atomic mass is 9.96. The lowest BCUT2D eigenvalue weighted by Crippen LogP contribution is -2.35. The number of hydrogen-bond donors (Lipinski definition) is 4. The standard InChI is InChI=1S/C13H19N5O3S/c1-18-4-2-7(3-5-18)11(20)16-9-6-8(10(14)19)12(22-9)17-13(15)21/h6-7H,2-5H2,1H3,(H2,14,19)(H,16,20)(H3,15,17,21). The second kappa shape index (κ2) is 6.75. The van der Waals surface area contributed by atoms with Crippen molar-refractivity contribution in [3.63, 3.8) is 0 Å². The molecule has 0 aliphatic carbocycles. The van der Waals surface area contributed by atoms with Gasteiger partial charge < -0.3 is 21.7 Å². The molecule has 0 bridgehead atoms. The SMILES string of the molecule is CN1CCC(C(=O)Nc2cc(C(N)=O)c(NC(N)=O)s2)CC1. The summed E-state index contributed by atoms with van der Waals surface area (Å²) in [6.07, 6.45) is 1.59. The Morgan fingerprint density at radius 2 is 1.86 bits per heavy atom. The second-order valence-electron chi connectivity index (χ2n) is 5.27. The monoisotopic (exact) mass is 325 g/mol. The van der Waals surface area contributed by atoms with Crippen molar-refractivity contribution in [2.24, 2.45) is 17.4 Å². The van der Waals surface area contributed by atoms with Crippen molar-refractivity contribution in [1.82, 2.24) is 4.90 Å². The van der Waals surface area contributed by atoms with Crippen molar-refractivity contribution < 1.29 is 14.4 Å². The highest BCUT2D eigenvalue weighted by Crippen LogP contribution is 2.32. The Morgan fingerprint density at radius 3 is 2.41 bits per heavy atom. The first-order valence-electron chi connectivity index (χ1n) is 6.86. The fourth-order valence-corrected chi connectivity index (χ4v) is 3.30. The number of anilines is 2. The zero-order chi connectivity index (χ0) is 16.3. The molecule has 0 atom stereocenters. The number of carbonyl (C=O) groups is 3. The zero-order valence-corrected chi connectivity index (χ0v) is 13.0. The van der Waals surface area contributed by atoms with Gasteiger partial charge in [0.15, 0.2) is 0 Å². The summed E-state index contributed by atoms with van der Waals surface area (Å²) in [5.74, 6) is -0.835. The van der Waals surface area contributed by atoms with Gasteiger partial charge in [-0.15, -0.1) is 0 Å². The van der Waals surface area contributed by atoms with Gasteiger partial charge in [0, 0.05) is 5.92 Å². The molecule has 4 amide bonds. The third kappa shape index (κ3) is 3.95. The summed E-state index contributed by atoms with van der Waals surface area (Å²) in [7, 11) is 2.02. The summed E-state index contributed by atoms with van der Waals surface area (Å²) in [6.45, 7) is 1.76. The van der Waals surface area contributed by atoms with Crippen molar-refractivity contribution in [3.05, 3.63) is 11.6 Å². The summed E-state index contributed by atoms with van der Waals surface area (Å²) >= 11 is 1.05. The molecule has 6 N–H and O–H groups in total. The van der Waals surface area contributed by atoms with E-state index in [1.165, 1.54) is 6.07 Å². The first-order valence-corrected chi connectivity index (χ1v) is 7.68. The van der Waals surface area contributed by atoms with Gasteiger partial charge in [-0.1, -0.05) is 11.3 Å². The maximum Gasteiger partial charge on any atom is 0.317 e. The van der Waals surface area contributed by atoms with Gasteiger partial charge in [-0.3, -0.25) is 14.9 Å². The number of rotatable bonds is 4. The zero-order valence-electron chi connectivity index (χ0n) is 12.2. The fourth-order valence-electron chi connectivity index (χ4n) is 2.33. The van der Waals surface area contributed by atoms with Crippen LogP contribution in [0.5, 0.6) is 0 Å². The number of nitrogens with one attached hydrogen (secondary N) is 2. The van der Waals surface area contributed by atoms with Crippen LogP contribution in [0.2, 0.25) is 0 Å². The van der Waals surface area contributed by atoms with Crippen LogP contribution in [-0.2, 0) is 4.79 Å². The van der Waals surface area contributed by atoms with E-state index in [-0.39, 0.29) is 22.4 Å². The van der Waals surface area contributed by atoms with E-state index in [0.29, 0.717) is 5.00 Å². The normalized spacial score (nSPS) is 16.2. The van der Waals surface area contributed by atoms with E-state index in [9.17, 15) is 14.4 Å². The maximum atomic E-state index is 12.2. The fraction of sp³-hybridized carbons (Fsp3) is 0.462. The molecule has 0 saturated carbocycles. The van der Waals surface area contributed by atoms with E-state index in [1.54, 1.807) is 0 Å². The Morgan fingerprint density at radius 1 is 1.23 bits per heavy atom. The molecule has 0 unspecified atom stereocenters. The van der Waals surface area contributed by atoms with Crippen molar-refractivity contribution in [3.8, 4) is 0 Å².